The number of aromatic nitrogens is 3. The fourth-order valence-corrected chi connectivity index (χ4v) is 3.19. The Labute approximate surface area is 162 Å². The highest BCUT2D eigenvalue weighted by atomic mass is 16.5. The fourth-order valence-electron chi connectivity index (χ4n) is 3.19. The molecule has 0 atom stereocenters. The molecule has 28 heavy (non-hydrogen) atoms. The molecule has 0 aliphatic carbocycles. The third-order valence-electron chi connectivity index (χ3n) is 4.97. The summed E-state index contributed by atoms with van der Waals surface area (Å²) < 4.78 is 14.0. The van der Waals surface area contributed by atoms with Crippen molar-refractivity contribution in [3.05, 3.63) is 76.5 Å². The largest absolute Gasteiger partial charge is 0.493 e. The van der Waals surface area contributed by atoms with E-state index in [0.717, 1.165) is 16.8 Å². The molecular formula is C22H21N3O3. The highest BCUT2D eigenvalue weighted by molar-refractivity contribution is 5.66. The van der Waals surface area contributed by atoms with Crippen molar-refractivity contribution in [1.82, 2.24) is 14.0 Å². The van der Waals surface area contributed by atoms with Crippen molar-refractivity contribution in [3.8, 4) is 28.4 Å². The Hall–Kier alpha value is -3.54. The molecule has 0 unspecified atom stereocenters. The van der Waals surface area contributed by atoms with Crippen LogP contribution in [0.25, 0.3) is 22.6 Å². The van der Waals surface area contributed by atoms with Gasteiger partial charge in [-0.15, -0.1) is 0 Å². The first-order valence-corrected chi connectivity index (χ1v) is 8.92. The van der Waals surface area contributed by atoms with E-state index in [1.165, 1.54) is 5.56 Å². The van der Waals surface area contributed by atoms with Crippen molar-refractivity contribution in [2.75, 3.05) is 14.2 Å². The Bertz CT molecular complexity index is 1240. The van der Waals surface area contributed by atoms with Crippen LogP contribution < -0.4 is 15.0 Å². The minimum Gasteiger partial charge on any atom is -0.493 e. The number of ether oxygens (including phenoxy) is 2. The number of imidazole rings is 1. The Kier molecular flexibility index (Phi) is 4.39. The molecule has 6 nitrogen and oxygen atoms in total. The number of benzene rings is 2. The molecule has 2 aromatic carbocycles. The molecule has 0 bridgehead atoms. The van der Waals surface area contributed by atoms with Crippen molar-refractivity contribution in [1.29, 1.82) is 0 Å². The van der Waals surface area contributed by atoms with Crippen molar-refractivity contribution in [2.24, 2.45) is 0 Å². The van der Waals surface area contributed by atoms with Gasteiger partial charge in [0, 0.05) is 29.8 Å². The van der Waals surface area contributed by atoms with Gasteiger partial charge in [0.2, 0.25) is 5.65 Å². The second-order valence-corrected chi connectivity index (χ2v) is 6.67. The van der Waals surface area contributed by atoms with Crippen molar-refractivity contribution in [2.45, 2.75) is 13.8 Å². The molecule has 4 rings (SSSR count). The van der Waals surface area contributed by atoms with Crippen molar-refractivity contribution < 1.29 is 9.47 Å². The van der Waals surface area contributed by atoms with E-state index in [1.807, 2.05) is 55.7 Å². The van der Waals surface area contributed by atoms with E-state index in [2.05, 4.69) is 11.9 Å². The molecule has 0 radical (unpaired) electrons. The van der Waals surface area contributed by atoms with E-state index in [-0.39, 0.29) is 5.56 Å². The first-order valence-electron chi connectivity index (χ1n) is 8.92. The average Bonchev–Trinajstić information content (AvgIpc) is 3.15. The van der Waals surface area contributed by atoms with Crippen LogP contribution in [0.2, 0.25) is 0 Å². The molecule has 4 aromatic rings. The lowest BCUT2D eigenvalue weighted by Gasteiger charge is -2.08. The molecule has 142 valence electrons. The minimum atomic E-state index is -0.169. The summed E-state index contributed by atoms with van der Waals surface area (Å²) in [5.74, 6) is 1.26. The smallest absolute Gasteiger partial charge is 0.298 e. The van der Waals surface area contributed by atoms with Crippen LogP contribution in [-0.4, -0.2) is 28.2 Å². The monoisotopic (exact) mass is 375 g/mol. The summed E-state index contributed by atoms with van der Waals surface area (Å²) in [6.07, 6.45) is 5.44. The predicted molar refractivity (Wildman–Crippen MR) is 109 cm³/mol. The predicted octanol–water partition coefficient (Wildman–Crippen LogP) is 3.79. The lowest BCUT2D eigenvalue weighted by atomic mass is 10.1. The zero-order valence-corrected chi connectivity index (χ0v) is 16.3. The van der Waals surface area contributed by atoms with Gasteiger partial charge in [-0.3, -0.25) is 9.36 Å². The summed E-state index contributed by atoms with van der Waals surface area (Å²) in [5.41, 5.74) is 4.89. The van der Waals surface area contributed by atoms with Gasteiger partial charge in [-0.2, -0.15) is 0 Å². The van der Waals surface area contributed by atoms with Gasteiger partial charge in [-0.1, -0.05) is 6.07 Å². The van der Waals surface area contributed by atoms with Gasteiger partial charge in [0.15, 0.2) is 11.5 Å². The number of rotatable bonds is 4. The van der Waals surface area contributed by atoms with E-state index in [4.69, 9.17) is 9.47 Å². The maximum absolute atomic E-state index is 13.0. The van der Waals surface area contributed by atoms with E-state index in [0.29, 0.717) is 22.8 Å². The van der Waals surface area contributed by atoms with Crippen LogP contribution in [0.1, 0.15) is 11.1 Å². The van der Waals surface area contributed by atoms with Gasteiger partial charge >= 0.3 is 0 Å². The number of methoxy groups -OCH3 is 2. The first-order chi connectivity index (χ1) is 13.5. The van der Waals surface area contributed by atoms with Gasteiger partial charge in [0.1, 0.15) is 0 Å². The summed E-state index contributed by atoms with van der Waals surface area (Å²) in [6.45, 7) is 4.09. The standard InChI is InChI=1S/C22H21N3O3/c1-14-5-7-17(11-15(14)2)25-10-9-24-13-18(23-21(24)22(25)26)16-6-8-19(27-3)20(12-16)28-4/h5-13H,1-4H3. The van der Waals surface area contributed by atoms with Gasteiger partial charge in [-0.05, 0) is 55.3 Å². The number of nitrogens with zero attached hydrogens (tertiary/aromatic N) is 3. The maximum Gasteiger partial charge on any atom is 0.298 e. The summed E-state index contributed by atoms with van der Waals surface area (Å²) in [7, 11) is 3.19. The average molecular weight is 375 g/mol. The maximum atomic E-state index is 13.0. The lowest BCUT2D eigenvalue weighted by molar-refractivity contribution is 0.355. The van der Waals surface area contributed by atoms with Crippen LogP contribution in [0.15, 0.2) is 59.8 Å². The number of aryl methyl sites for hydroxylation is 2. The number of hydrogen-bond donors (Lipinski definition) is 0. The molecule has 0 saturated heterocycles. The lowest BCUT2D eigenvalue weighted by Crippen LogP contribution is -2.20. The molecule has 0 N–H and O–H groups in total. The molecule has 0 amide bonds. The summed E-state index contributed by atoms with van der Waals surface area (Å²) >= 11 is 0. The van der Waals surface area contributed by atoms with Crippen LogP contribution in [0.3, 0.4) is 0 Å². The third kappa shape index (κ3) is 2.93. The highest BCUT2D eigenvalue weighted by Crippen LogP contribution is 2.31. The van der Waals surface area contributed by atoms with Gasteiger partial charge in [-0.25, -0.2) is 4.98 Å². The molecule has 0 spiro atoms. The van der Waals surface area contributed by atoms with E-state index < -0.39 is 0 Å². The molecular weight excluding hydrogens is 354 g/mol. The highest BCUT2D eigenvalue weighted by Gasteiger charge is 2.13. The Balaban J connectivity index is 1.83. The van der Waals surface area contributed by atoms with Crippen LogP contribution in [0.4, 0.5) is 0 Å². The van der Waals surface area contributed by atoms with Crippen LogP contribution in [0, 0.1) is 13.8 Å². The third-order valence-corrected chi connectivity index (χ3v) is 4.97. The molecule has 6 heteroatoms. The van der Waals surface area contributed by atoms with Gasteiger partial charge < -0.3 is 13.9 Å². The number of hydrogen-bond acceptors (Lipinski definition) is 4. The summed E-state index contributed by atoms with van der Waals surface area (Å²) in [6, 6.07) is 11.5. The van der Waals surface area contributed by atoms with Crippen molar-refractivity contribution >= 4 is 5.65 Å². The summed E-state index contributed by atoms with van der Waals surface area (Å²) in [5, 5.41) is 0. The number of fused-ring (bicyclic) bond motifs is 1. The van der Waals surface area contributed by atoms with Crippen LogP contribution >= 0.6 is 0 Å². The Morgan fingerprint density at radius 3 is 2.39 bits per heavy atom. The molecule has 0 saturated carbocycles. The SMILES string of the molecule is COc1ccc(-c2cn3ccn(-c4ccc(C)c(C)c4)c(=O)c3n2)cc1OC. The van der Waals surface area contributed by atoms with Crippen LogP contribution in [-0.2, 0) is 0 Å². The quantitative estimate of drug-likeness (QED) is 0.545. The topological polar surface area (TPSA) is 57.8 Å². The van der Waals surface area contributed by atoms with E-state index in [1.54, 1.807) is 29.4 Å². The fraction of sp³-hybridized carbons (Fsp3) is 0.182. The second kappa shape index (κ2) is 6.88. The Morgan fingerprint density at radius 2 is 1.68 bits per heavy atom. The first kappa shape index (κ1) is 17.9. The molecule has 0 fully saturated rings. The van der Waals surface area contributed by atoms with Gasteiger partial charge in [0.25, 0.3) is 5.56 Å². The summed E-state index contributed by atoms with van der Waals surface area (Å²) in [4.78, 5) is 17.6. The zero-order chi connectivity index (χ0) is 19.8. The normalized spacial score (nSPS) is 11.0. The molecule has 2 heterocycles. The van der Waals surface area contributed by atoms with E-state index in [9.17, 15) is 4.79 Å². The zero-order valence-electron chi connectivity index (χ0n) is 16.3. The van der Waals surface area contributed by atoms with E-state index >= 15 is 0 Å². The van der Waals surface area contributed by atoms with Gasteiger partial charge in [0.05, 0.1) is 19.9 Å². The molecule has 2 aromatic heterocycles. The van der Waals surface area contributed by atoms with Crippen molar-refractivity contribution in [3.63, 3.8) is 0 Å². The minimum absolute atomic E-state index is 0.169. The molecule has 0 aliphatic heterocycles. The van der Waals surface area contributed by atoms with Crippen LogP contribution in [0.5, 0.6) is 11.5 Å². The Morgan fingerprint density at radius 1 is 0.893 bits per heavy atom. The molecule has 0 aliphatic rings. The second-order valence-electron chi connectivity index (χ2n) is 6.67.